The highest BCUT2D eigenvalue weighted by atomic mass is 19.1. The molecule has 0 aliphatic heterocycles. The van der Waals surface area contributed by atoms with E-state index in [0.717, 1.165) is 57.4 Å². The highest BCUT2D eigenvalue weighted by molar-refractivity contribution is 5.92. The van der Waals surface area contributed by atoms with E-state index < -0.39 is 17.8 Å². The molecule has 2 aromatic carbocycles. The fourth-order valence-corrected chi connectivity index (χ4v) is 4.30. The molecule has 220 valence electrons. The van der Waals surface area contributed by atoms with Crippen LogP contribution in [-0.4, -0.2) is 24.0 Å². The van der Waals surface area contributed by atoms with Gasteiger partial charge in [0.25, 0.3) is 0 Å². The maximum atomic E-state index is 14.6. The summed E-state index contributed by atoms with van der Waals surface area (Å²) >= 11 is 0. The Bertz CT molecular complexity index is 1050. The Balaban J connectivity index is 1.77. The Labute approximate surface area is 238 Å². The summed E-state index contributed by atoms with van der Waals surface area (Å²) in [5.74, 6) is -2.27. The van der Waals surface area contributed by atoms with Crippen LogP contribution in [0.4, 0.5) is 4.39 Å². The van der Waals surface area contributed by atoms with Crippen LogP contribution in [0.3, 0.4) is 0 Å². The van der Waals surface area contributed by atoms with Gasteiger partial charge in [-0.2, -0.15) is 0 Å². The second kappa shape index (κ2) is 19.0. The van der Waals surface area contributed by atoms with Crippen LogP contribution in [0.15, 0.2) is 42.5 Å². The molecular weight excluding hydrogens is 511 g/mol. The van der Waals surface area contributed by atoms with Gasteiger partial charge in [-0.1, -0.05) is 78.1 Å². The summed E-state index contributed by atoms with van der Waals surface area (Å²) in [6.07, 6.45) is 14.2. The summed E-state index contributed by atoms with van der Waals surface area (Å²) in [5.41, 5.74) is 0.00186. The summed E-state index contributed by atoms with van der Waals surface area (Å²) < 4.78 is 30.6. The van der Waals surface area contributed by atoms with Gasteiger partial charge < -0.3 is 14.2 Å². The lowest BCUT2D eigenvalue weighted by atomic mass is 10.1. The van der Waals surface area contributed by atoms with Gasteiger partial charge in [0.05, 0.1) is 17.2 Å². The van der Waals surface area contributed by atoms with Gasteiger partial charge in [0.15, 0.2) is 0 Å². The lowest BCUT2D eigenvalue weighted by molar-refractivity contribution is -0.134. The van der Waals surface area contributed by atoms with Crippen LogP contribution in [-0.2, 0) is 9.53 Å². The third-order valence-corrected chi connectivity index (χ3v) is 6.70. The molecule has 0 fully saturated rings. The molecule has 0 spiro atoms. The zero-order valence-electron chi connectivity index (χ0n) is 24.3. The number of rotatable bonds is 19. The van der Waals surface area contributed by atoms with Crippen LogP contribution in [0.25, 0.3) is 0 Å². The molecule has 0 heterocycles. The van der Waals surface area contributed by atoms with Crippen LogP contribution in [0.1, 0.15) is 131 Å². The van der Waals surface area contributed by atoms with Crippen molar-refractivity contribution in [2.24, 2.45) is 0 Å². The van der Waals surface area contributed by atoms with Gasteiger partial charge in [0.1, 0.15) is 17.3 Å². The highest BCUT2D eigenvalue weighted by Crippen LogP contribution is 2.21. The average Bonchev–Trinajstić information content (AvgIpc) is 2.93. The third-order valence-electron chi connectivity index (χ3n) is 6.70. The van der Waals surface area contributed by atoms with Crippen molar-refractivity contribution in [3.8, 4) is 11.5 Å². The van der Waals surface area contributed by atoms with Crippen LogP contribution in [0.2, 0.25) is 0 Å². The van der Waals surface area contributed by atoms with E-state index in [9.17, 15) is 18.8 Å². The molecule has 0 radical (unpaired) electrons. The molecule has 0 N–H and O–H groups in total. The molecule has 0 amide bonds. The summed E-state index contributed by atoms with van der Waals surface area (Å²) in [5, 5.41) is 0. The summed E-state index contributed by atoms with van der Waals surface area (Å²) in [7, 11) is 0. The monoisotopic (exact) mass is 556 g/mol. The Kier molecular flexibility index (Phi) is 15.6. The van der Waals surface area contributed by atoms with Crippen molar-refractivity contribution in [2.75, 3.05) is 0 Å². The molecule has 1 unspecified atom stereocenters. The quantitative estimate of drug-likeness (QED) is 0.0976. The van der Waals surface area contributed by atoms with Crippen molar-refractivity contribution in [2.45, 2.75) is 117 Å². The predicted octanol–water partition coefficient (Wildman–Crippen LogP) is 9.00. The number of halogens is 1. The number of carbonyl (C=O) groups excluding carboxylic acids is 3. The normalized spacial score (nSPS) is 11.6. The van der Waals surface area contributed by atoms with E-state index in [-0.39, 0.29) is 28.9 Å². The molecule has 2 aromatic rings. The zero-order chi connectivity index (χ0) is 29.2. The molecule has 0 aliphatic carbocycles. The minimum Gasteiger partial charge on any atom is -0.459 e. The maximum absolute atomic E-state index is 14.6. The fraction of sp³-hybridized carbons (Fsp3) is 0.545. The van der Waals surface area contributed by atoms with E-state index >= 15 is 0 Å². The molecule has 40 heavy (non-hydrogen) atoms. The first-order chi connectivity index (χ1) is 19.3. The fourth-order valence-electron chi connectivity index (χ4n) is 4.30. The number of carbonyl (C=O) groups is 3. The first-order valence-corrected chi connectivity index (χ1v) is 14.9. The summed E-state index contributed by atoms with van der Waals surface area (Å²) in [6.45, 7) is 6.12. The third kappa shape index (κ3) is 12.8. The van der Waals surface area contributed by atoms with Crippen molar-refractivity contribution in [1.29, 1.82) is 0 Å². The van der Waals surface area contributed by atoms with E-state index in [4.69, 9.17) is 14.2 Å². The first kappa shape index (κ1) is 33.0. The lowest BCUT2D eigenvalue weighted by Crippen LogP contribution is -2.16. The SMILES string of the molecule is CCCCCCCCCCC(=O)Oc1ccc(C(=O)Oc2ccc(C(=O)OC(C)CCCCCC)c(F)c2)cc1. The number of benzene rings is 2. The molecule has 0 saturated carbocycles. The summed E-state index contributed by atoms with van der Waals surface area (Å²) in [4.78, 5) is 37.0. The number of esters is 3. The van der Waals surface area contributed by atoms with Crippen LogP contribution in [0, 0.1) is 5.82 Å². The number of hydrogen-bond donors (Lipinski definition) is 0. The highest BCUT2D eigenvalue weighted by Gasteiger charge is 2.18. The number of ether oxygens (including phenoxy) is 3. The number of hydrogen-bond acceptors (Lipinski definition) is 6. The Morgan fingerprint density at radius 2 is 1.27 bits per heavy atom. The van der Waals surface area contributed by atoms with E-state index in [1.807, 2.05) is 0 Å². The minimum absolute atomic E-state index is 0.0347. The van der Waals surface area contributed by atoms with Gasteiger partial charge in [0.2, 0.25) is 0 Å². The molecule has 1 atom stereocenters. The molecule has 0 bridgehead atoms. The summed E-state index contributed by atoms with van der Waals surface area (Å²) in [6, 6.07) is 9.58. The van der Waals surface area contributed by atoms with Gasteiger partial charge >= 0.3 is 17.9 Å². The lowest BCUT2D eigenvalue weighted by Gasteiger charge is -2.14. The first-order valence-electron chi connectivity index (χ1n) is 14.9. The van der Waals surface area contributed by atoms with Crippen molar-refractivity contribution in [3.05, 3.63) is 59.4 Å². The second-order valence-electron chi connectivity index (χ2n) is 10.3. The van der Waals surface area contributed by atoms with Crippen molar-refractivity contribution in [3.63, 3.8) is 0 Å². The van der Waals surface area contributed by atoms with Gasteiger partial charge in [-0.15, -0.1) is 0 Å². The molecular formula is C33H45FO6. The van der Waals surface area contributed by atoms with Gasteiger partial charge in [0, 0.05) is 12.5 Å². The average molecular weight is 557 g/mol. The van der Waals surface area contributed by atoms with Gasteiger partial charge in [-0.25, -0.2) is 14.0 Å². The van der Waals surface area contributed by atoms with E-state index in [1.54, 1.807) is 6.92 Å². The molecule has 7 heteroatoms. The predicted molar refractivity (Wildman–Crippen MR) is 154 cm³/mol. The standard InChI is InChI=1S/C33H45FO6/c1-4-6-8-10-11-12-13-15-17-31(35)39-27-20-18-26(19-21-27)32(36)40-28-22-23-29(30(34)24-28)33(37)38-25(3)16-14-9-7-5-2/h18-25H,4-17H2,1-3H3. The Morgan fingerprint density at radius 3 is 1.90 bits per heavy atom. The van der Waals surface area contributed by atoms with Gasteiger partial charge in [-0.05, 0) is 62.6 Å². The van der Waals surface area contributed by atoms with Crippen molar-refractivity contribution < 1.29 is 33.0 Å². The van der Waals surface area contributed by atoms with Crippen LogP contribution >= 0.6 is 0 Å². The molecule has 0 aromatic heterocycles. The van der Waals surface area contributed by atoms with E-state index in [2.05, 4.69) is 13.8 Å². The van der Waals surface area contributed by atoms with Crippen LogP contribution in [0.5, 0.6) is 11.5 Å². The Hall–Kier alpha value is -3.22. The Morgan fingerprint density at radius 1 is 0.700 bits per heavy atom. The second-order valence-corrected chi connectivity index (χ2v) is 10.3. The van der Waals surface area contributed by atoms with Crippen molar-refractivity contribution in [1.82, 2.24) is 0 Å². The van der Waals surface area contributed by atoms with Crippen molar-refractivity contribution >= 4 is 17.9 Å². The zero-order valence-corrected chi connectivity index (χ0v) is 24.3. The van der Waals surface area contributed by atoms with E-state index in [1.165, 1.54) is 68.5 Å². The van der Waals surface area contributed by atoms with Crippen LogP contribution < -0.4 is 9.47 Å². The molecule has 2 rings (SSSR count). The van der Waals surface area contributed by atoms with E-state index in [0.29, 0.717) is 12.2 Å². The minimum atomic E-state index is -0.827. The largest absolute Gasteiger partial charge is 0.459 e. The molecule has 0 saturated heterocycles. The number of unbranched alkanes of at least 4 members (excludes halogenated alkanes) is 10. The molecule has 0 aliphatic rings. The van der Waals surface area contributed by atoms with Gasteiger partial charge in [-0.3, -0.25) is 4.79 Å². The molecule has 6 nitrogen and oxygen atoms in total. The smallest absolute Gasteiger partial charge is 0.343 e. The topological polar surface area (TPSA) is 78.9 Å². The maximum Gasteiger partial charge on any atom is 0.343 e.